The molecule has 11 nitrogen and oxygen atoms in total. The molecule has 2 heterocycles. The van der Waals surface area contributed by atoms with Gasteiger partial charge in [-0.3, -0.25) is 14.8 Å². The molecule has 0 saturated heterocycles. The smallest absolute Gasteiger partial charge is 0.230 e. The first-order chi connectivity index (χ1) is 19.9. The molecule has 41 heavy (non-hydrogen) atoms. The number of hydrogen-bond donors (Lipinski definition) is 4. The van der Waals surface area contributed by atoms with Crippen molar-refractivity contribution in [3.8, 4) is 23.8 Å². The predicted octanol–water partition coefficient (Wildman–Crippen LogP) is 3.26. The van der Waals surface area contributed by atoms with Crippen molar-refractivity contribution in [2.24, 2.45) is 0 Å². The van der Waals surface area contributed by atoms with Crippen molar-refractivity contribution in [1.82, 2.24) is 25.1 Å². The zero-order valence-electron chi connectivity index (χ0n) is 22.3. The molecule has 0 aliphatic carbocycles. The van der Waals surface area contributed by atoms with Gasteiger partial charge in [0.2, 0.25) is 5.91 Å². The Morgan fingerprint density at radius 1 is 1.12 bits per heavy atom. The third-order valence-corrected chi connectivity index (χ3v) is 5.90. The molecule has 2 aromatic carbocycles. The second-order valence-corrected chi connectivity index (χ2v) is 8.93. The number of benzene rings is 2. The Balaban J connectivity index is 1.40. The summed E-state index contributed by atoms with van der Waals surface area (Å²) >= 11 is 0. The molecule has 0 spiro atoms. The SMILES string of the molecule is C#CCN(CCO)CCCOc1cc2ncnc(Nc3cc(CC(=O)Nc4cc(F)cc(F)c4)[nH]n3)c2cc1OC. The number of methoxy groups -OCH3 is 1. The minimum Gasteiger partial charge on any atom is -0.493 e. The molecular weight excluding hydrogens is 536 g/mol. The lowest BCUT2D eigenvalue weighted by Crippen LogP contribution is -2.29. The van der Waals surface area contributed by atoms with Crippen molar-refractivity contribution in [2.45, 2.75) is 12.8 Å². The number of ether oxygens (including phenoxy) is 2. The van der Waals surface area contributed by atoms with Crippen LogP contribution in [0.3, 0.4) is 0 Å². The van der Waals surface area contributed by atoms with Gasteiger partial charge in [-0.15, -0.1) is 6.42 Å². The Kier molecular flexibility index (Phi) is 9.98. The maximum absolute atomic E-state index is 13.4. The van der Waals surface area contributed by atoms with Gasteiger partial charge in [-0.1, -0.05) is 5.92 Å². The molecule has 2 aromatic heterocycles. The number of anilines is 3. The lowest BCUT2D eigenvalue weighted by molar-refractivity contribution is -0.115. The first-order valence-corrected chi connectivity index (χ1v) is 12.7. The van der Waals surface area contributed by atoms with Gasteiger partial charge in [0.05, 0.1) is 38.8 Å². The Hall–Kier alpha value is -4.80. The van der Waals surface area contributed by atoms with Crippen molar-refractivity contribution in [2.75, 3.05) is 50.6 Å². The maximum Gasteiger partial charge on any atom is 0.230 e. The molecule has 1 amide bonds. The summed E-state index contributed by atoms with van der Waals surface area (Å²) in [6.45, 7) is 2.06. The van der Waals surface area contributed by atoms with Gasteiger partial charge in [-0.05, 0) is 24.6 Å². The lowest BCUT2D eigenvalue weighted by Gasteiger charge is -2.18. The lowest BCUT2D eigenvalue weighted by atomic mass is 10.2. The van der Waals surface area contributed by atoms with E-state index in [4.69, 9.17) is 21.0 Å². The summed E-state index contributed by atoms with van der Waals surface area (Å²) in [5.41, 5.74) is 1.08. The van der Waals surface area contributed by atoms with Crippen LogP contribution in [-0.2, 0) is 11.2 Å². The summed E-state index contributed by atoms with van der Waals surface area (Å²) in [6, 6.07) is 7.90. The second kappa shape index (κ2) is 14.0. The number of aliphatic hydroxyl groups excluding tert-OH is 1. The third kappa shape index (κ3) is 8.10. The van der Waals surface area contributed by atoms with Crippen molar-refractivity contribution < 1.29 is 28.2 Å². The number of nitrogens with one attached hydrogen (secondary N) is 3. The molecular formula is C28H29F2N7O4. The highest BCUT2D eigenvalue weighted by atomic mass is 19.1. The number of hydrogen-bond acceptors (Lipinski definition) is 9. The van der Waals surface area contributed by atoms with Crippen LogP contribution in [0.25, 0.3) is 10.9 Å². The van der Waals surface area contributed by atoms with Gasteiger partial charge in [0.1, 0.15) is 23.8 Å². The quantitative estimate of drug-likeness (QED) is 0.134. The maximum atomic E-state index is 13.4. The molecule has 4 aromatic rings. The molecule has 0 aliphatic heterocycles. The van der Waals surface area contributed by atoms with Gasteiger partial charge in [0, 0.05) is 48.1 Å². The average Bonchev–Trinajstić information content (AvgIpc) is 3.36. The van der Waals surface area contributed by atoms with Gasteiger partial charge < -0.3 is 25.2 Å². The predicted molar refractivity (Wildman–Crippen MR) is 149 cm³/mol. The number of amides is 1. The molecule has 13 heteroatoms. The Bertz CT molecular complexity index is 1520. The van der Waals surface area contributed by atoms with Crippen LogP contribution in [0.4, 0.5) is 26.1 Å². The van der Waals surface area contributed by atoms with E-state index < -0.39 is 17.5 Å². The molecule has 0 fully saturated rings. The first-order valence-electron chi connectivity index (χ1n) is 12.7. The van der Waals surface area contributed by atoms with E-state index in [1.165, 1.54) is 13.4 Å². The van der Waals surface area contributed by atoms with E-state index in [0.29, 0.717) is 72.4 Å². The number of halogens is 2. The van der Waals surface area contributed by atoms with E-state index in [0.717, 1.165) is 18.2 Å². The molecule has 0 saturated carbocycles. The summed E-state index contributed by atoms with van der Waals surface area (Å²) in [5, 5.41) is 22.3. The zero-order chi connectivity index (χ0) is 29.2. The van der Waals surface area contributed by atoms with E-state index in [1.54, 1.807) is 18.2 Å². The molecule has 0 atom stereocenters. The van der Waals surface area contributed by atoms with Crippen LogP contribution in [0.2, 0.25) is 0 Å². The first kappa shape index (κ1) is 29.2. The fraction of sp³-hybridized carbons (Fsp3) is 0.286. The van der Waals surface area contributed by atoms with Gasteiger partial charge >= 0.3 is 0 Å². The van der Waals surface area contributed by atoms with Gasteiger partial charge in [-0.2, -0.15) is 5.10 Å². The van der Waals surface area contributed by atoms with Crippen molar-refractivity contribution >= 4 is 34.1 Å². The van der Waals surface area contributed by atoms with Crippen LogP contribution >= 0.6 is 0 Å². The minimum absolute atomic E-state index is 0.0164. The van der Waals surface area contributed by atoms with Gasteiger partial charge in [-0.25, -0.2) is 18.7 Å². The fourth-order valence-corrected chi connectivity index (χ4v) is 4.09. The van der Waals surface area contributed by atoms with E-state index in [1.807, 2.05) is 4.90 Å². The second-order valence-electron chi connectivity index (χ2n) is 8.93. The summed E-state index contributed by atoms with van der Waals surface area (Å²) in [4.78, 5) is 23.0. The molecule has 0 bridgehead atoms. The number of terminal acetylenes is 1. The largest absolute Gasteiger partial charge is 0.493 e. The topological polar surface area (TPSA) is 138 Å². The molecule has 0 aliphatic rings. The fourth-order valence-electron chi connectivity index (χ4n) is 4.09. The van der Waals surface area contributed by atoms with Crippen molar-refractivity contribution in [1.29, 1.82) is 0 Å². The Morgan fingerprint density at radius 2 is 1.93 bits per heavy atom. The number of rotatable bonds is 14. The molecule has 214 valence electrons. The van der Waals surface area contributed by atoms with Gasteiger partial charge in [0.25, 0.3) is 0 Å². The van der Waals surface area contributed by atoms with Crippen molar-refractivity contribution in [3.63, 3.8) is 0 Å². The van der Waals surface area contributed by atoms with Crippen LogP contribution in [0.15, 0.2) is 42.7 Å². The van der Waals surface area contributed by atoms with E-state index >= 15 is 0 Å². The Morgan fingerprint density at radius 3 is 2.66 bits per heavy atom. The minimum atomic E-state index is -0.789. The number of aromatic amines is 1. The number of carbonyl (C=O) groups excluding carboxylic acids is 1. The average molecular weight is 566 g/mol. The van der Waals surface area contributed by atoms with Gasteiger partial charge in [0.15, 0.2) is 17.3 Å². The number of nitrogens with zero attached hydrogens (tertiary/aromatic N) is 4. The molecule has 4 rings (SSSR count). The van der Waals surface area contributed by atoms with Crippen LogP contribution in [-0.4, -0.2) is 76.0 Å². The van der Waals surface area contributed by atoms with Crippen LogP contribution in [0.5, 0.6) is 11.5 Å². The van der Waals surface area contributed by atoms with E-state index in [2.05, 4.69) is 36.7 Å². The summed E-state index contributed by atoms with van der Waals surface area (Å²) < 4.78 is 38.3. The number of fused-ring (bicyclic) bond motifs is 1. The number of aliphatic hydroxyl groups is 1. The monoisotopic (exact) mass is 565 g/mol. The Labute approximate surface area is 234 Å². The zero-order valence-corrected chi connectivity index (χ0v) is 22.3. The number of carbonyl (C=O) groups is 1. The molecule has 0 unspecified atom stereocenters. The highest BCUT2D eigenvalue weighted by Gasteiger charge is 2.14. The normalized spacial score (nSPS) is 10.9. The van der Waals surface area contributed by atoms with E-state index in [9.17, 15) is 13.6 Å². The number of aromatic nitrogens is 4. The third-order valence-electron chi connectivity index (χ3n) is 5.90. The number of H-pyrrole nitrogens is 1. The van der Waals surface area contributed by atoms with Crippen LogP contribution < -0.4 is 20.1 Å². The van der Waals surface area contributed by atoms with E-state index in [-0.39, 0.29) is 18.7 Å². The highest BCUT2D eigenvalue weighted by Crippen LogP contribution is 2.34. The van der Waals surface area contributed by atoms with Crippen LogP contribution in [0, 0.1) is 24.0 Å². The van der Waals surface area contributed by atoms with Crippen molar-refractivity contribution in [3.05, 3.63) is 60.1 Å². The standard InChI is InChI=1S/C28H29F2N7O4/c1-3-5-37(7-8-38)6-4-9-41-25-16-23-22(15-24(25)40-2)28(32-17-31-23)34-26-13-21(35-36-26)14-27(39)33-20-11-18(29)10-19(30)12-20/h1,10-13,15-17,38H,4-9,14H2,2H3,(H,33,39)(H2,31,32,34,35,36). The van der Waals surface area contributed by atoms with Crippen LogP contribution in [0.1, 0.15) is 12.1 Å². The summed E-state index contributed by atoms with van der Waals surface area (Å²) in [6.07, 6.45) is 7.36. The molecule has 4 N–H and O–H groups in total. The molecule has 0 radical (unpaired) electrons. The summed E-state index contributed by atoms with van der Waals surface area (Å²) in [7, 11) is 1.53. The highest BCUT2D eigenvalue weighted by molar-refractivity contribution is 5.93. The summed E-state index contributed by atoms with van der Waals surface area (Å²) in [5.74, 6) is 2.37.